The van der Waals surface area contributed by atoms with Gasteiger partial charge in [-0.1, -0.05) is 0 Å². The number of nitrogens with two attached hydrogens (primary N) is 1. The molecule has 1 saturated heterocycles. The van der Waals surface area contributed by atoms with Crippen molar-refractivity contribution in [2.24, 2.45) is 5.73 Å². The molecule has 18 heavy (non-hydrogen) atoms. The first-order chi connectivity index (χ1) is 8.66. The molecule has 6 heteroatoms. The van der Waals surface area contributed by atoms with Gasteiger partial charge >= 0.3 is 0 Å². The third-order valence-corrected chi connectivity index (χ3v) is 4.02. The fourth-order valence-electron chi connectivity index (χ4n) is 1.95. The Morgan fingerprint density at radius 1 is 1.44 bits per heavy atom. The summed E-state index contributed by atoms with van der Waals surface area (Å²) in [6.07, 6.45) is 0. The SMILES string of the molecule is CN1CCN(CCOc2ccsc2C(N)=O)CC1. The maximum absolute atomic E-state index is 11.1. The molecule has 0 radical (unpaired) electrons. The first-order valence-electron chi connectivity index (χ1n) is 6.08. The standard InChI is InChI=1S/C12H19N3O2S/c1-14-3-5-15(6-4-14)7-8-17-10-2-9-18-11(10)12(13)16/h2,9H,3-8H2,1H3,(H2,13,16). The number of thiophene rings is 1. The Bertz CT molecular complexity index is 400. The second kappa shape index (κ2) is 6.17. The lowest BCUT2D eigenvalue weighted by Gasteiger charge is -2.32. The highest BCUT2D eigenvalue weighted by atomic mass is 32.1. The first kappa shape index (κ1) is 13.3. The minimum Gasteiger partial charge on any atom is -0.491 e. The van der Waals surface area contributed by atoms with Crippen LogP contribution >= 0.6 is 11.3 Å². The van der Waals surface area contributed by atoms with Gasteiger partial charge in [-0.25, -0.2) is 0 Å². The summed E-state index contributed by atoms with van der Waals surface area (Å²) in [6.45, 7) is 5.84. The van der Waals surface area contributed by atoms with Crippen LogP contribution in [0.25, 0.3) is 0 Å². The van der Waals surface area contributed by atoms with Crippen LogP contribution in [-0.2, 0) is 0 Å². The Morgan fingerprint density at radius 3 is 2.83 bits per heavy atom. The summed E-state index contributed by atoms with van der Waals surface area (Å²) in [5.41, 5.74) is 5.26. The molecule has 2 rings (SSSR count). The number of carbonyl (C=O) groups is 1. The second-order valence-corrected chi connectivity index (χ2v) is 5.39. The molecule has 1 fully saturated rings. The van der Waals surface area contributed by atoms with Crippen LogP contribution in [0.1, 0.15) is 9.67 Å². The summed E-state index contributed by atoms with van der Waals surface area (Å²) in [7, 11) is 2.14. The Labute approximate surface area is 111 Å². The largest absolute Gasteiger partial charge is 0.491 e. The Balaban J connectivity index is 1.75. The number of amides is 1. The molecule has 1 aromatic rings. The maximum Gasteiger partial charge on any atom is 0.262 e. The highest BCUT2D eigenvalue weighted by molar-refractivity contribution is 7.12. The number of primary amides is 1. The predicted molar refractivity (Wildman–Crippen MR) is 72.3 cm³/mol. The molecule has 1 aromatic heterocycles. The van der Waals surface area contributed by atoms with E-state index in [2.05, 4.69) is 16.8 Å². The van der Waals surface area contributed by atoms with Crippen molar-refractivity contribution < 1.29 is 9.53 Å². The number of nitrogens with zero attached hydrogens (tertiary/aromatic N) is 2. The number of ether oxygens (including phenoxy) is 1. The van der Waals surface area contributed by atoms with Gasteiger partial charge < -0.3 is 15.4 Å². The van der Waals surface area contributed by atoms with Gasteiger partial charge in [0.15, 0.2) is 0 Å². The van der Waals surface area contributed by atoms with E-state index >= 15 is 0 Å². The fourth-order valence-corrected chi connectivity index (χ4v) is 2.63. The van der Waals surface area contributed by atoms with Crippen molar-refractivity contribution in [1.82, 2.24) is 9.80 Å². The predicted octanol–water partition coefficient (Wildman–Crippen LogP) is 0.473. The number of hydrogen-bond acceptors (Lipinski definition) is 5. The molecule has 0 bridgehead atoms. The third-order valence-electron chi connectivity index (χ3n) is 3.11. The average Bonchev–Trinajstić information content (AvgIpc) is 2.80. The Kier molecular flexibility index (Phi) is 4.57. The average molecular weight is 269 g/mol. The lowest BCUT2D eigenvalue weighted by Crippen LogP contribution is -2.45. The summed E-state index contributed by atoms with van der Waals surface area (Å²) in [5.74, 6) is 0.196. The third kappa shape index (κ3) is 3.44. The van der Waals surface area contributed by atoms with Crippen LogP contribution in [0.15, 0.2) is 11.4 Å². The quantitative estimate of drug-likeness (QED) is 0.844. The van der Waals surface area contributed by atoms with Crippen LogP contribution in [0, 0.1) is 0 Å². The molecule has 1 aliphatic rings. The highest BCUT2D eigenvalue weighted by Crippen LogP contribution is 2.23. The zero-order valence-electron chi connectivity index (χ0n) is 10.6. The van der Waals surface area contributed by atoms with Crippen molar-refractivity contribution >= 4 is 17.2 Å². The van der Waals surface area contributed by atoms with E-state index in [-0.39, 0.29) is 0 Å². The summed E-state index contributed by atoms with van der Waals surface area (Å²) in [6, 6.07) is 1.80. The molecule has 0 saturated carbocycles. The summed E-state index contributed by atoms with van der Waals surface area (Å²) >= 11 is 1.32. The molecular formula is C12H19N3O2S. The first-order valence-corrected chi connectivity index (χ1v) is 6.96. The fraction of sp³-hybridized carbons (Fsp3) is 0.583. The van der Waals surface area contributed by atoms with Crippen molar-refractivity contribution in [3.8, 4) is 5.75 Å². The van der Waals surface area contributed by atoms with E-state index in [0.717, 1.165) is 32.7 Å². The van der Waals surface area contributed by atoms with E-state index in [4.69, 9.17) is 10.5 Å². The van der Waals surface area contributed by atoms with Gasteiger partial charge in [-0.3, -0.25) is 9.69 Å². The highest BCUT2D eigenvalue weighted by Gasteiger charge is 2.14. The van der Waals surface area contributed by atoms with E-state index in [1.807, 2.05) is 5.38 Å². The summed E-state index contributed by atoms with van der Waals surface area (Å²) < 4.78 is 5.62. The van der Waals surface area contributed by atoms with E-state index in [1.54, 1.807) is 6.07 Å². The molecule has 0 aliphatic carbocycles. The van der Waals surface area contributed by atoms with E-state index in [9.17, 15) is 4.79 Å². The second-order valence-electron chi connectivity index (χ2n) is 4.47. The zero-order valence-corrected chi connectivity index (χ0v) is 11.4. The molecule has 0 aromatic carbocycles. The van der Waals surface area contributed by atoms with E-state index in [1.165, 1.54) is 11.3 Å². The Hall–Kier alpha value is -1.11. The van der Waals surface area contributed by atoms with Gasteiger partial charge in [0, 0.05) is 32.7 Å². The van der Waals surface area contributed by atoms with Crippen LogP contribution in [0.5, 0.6) is 5.75 Å². The van der Waals surface area contributed by atoms with Crippen molar-refractivity contribution in [2.75, 3.05) is 46.4 Å². The number of piperazine rings is 1. The van der Waals surface area contributed by atoms with Gasteiger partial charge in [0.05, 0.1) is 0 Å². The molecule has 0 spiro atoms. The number of rotatable bonds is 5. The molecule has 5 nitrogen and oxygen atoms in total. The molecule has 0 unspecified atom stereocenters. The normalized spacial score (nSPS) is 17.8. The molecule has 2 heterocycles. The van der Waals surface area contributed by atoms with E-state index < -0.39 is 5.91 Å². The van der Waals surface area contributed by atoms with Crippen LogP contribution in [0.4, 0.5) is 0 Å². The maximum atomic E-state index is 11.1. The lowest BCUT2D eigenvalue weighted by molar-refractivity contribution is 0.0998. The Morgan fingerprint density at radius 2 is 2.17 bits per heavy atom. The van der Waals surface area contributed by atoms with Gasteiger partial charge in [-0.05, 0) is 18.5 Å². The van der Waals surface area contributed by atoms with Crippen molar-refractivity contribution in [3.05, 3.63) is 16.3 Å². The van der Waals surface area contributed by atoms with Gasteiger partial charge in [0.2, 0.25) is 0 Å². The minimum atomic E-state index is -0.417. The van der Waals surface area contributed by atoms with Gasteiger partial charge in [-0.2, -0.15) is 0 Å². The lowest BCUT2D eigenvalue weighted by atomic mass is 10.3. The molecule has 1 amide bonds. The monoisotopic (exact) mass is 269 g/mol. The van der Waals surface area contributed by atoms with Crippen molar-refractivity contribution in [1.29, 1.82) is 0 Å². The van der Waals surface area contributed by atoms with Crippen LogP contribution < -0.4 is 10.5 Å². The van der Waals surface area contributed by atoms with E-state index in [0.29, 0.717) is 17.2 Å². The zero-order chi connectivity index (χ0) is 13.0. The molecule has 2 N–H and O–H groups in total. The van der Waals surface area contributed by atoms with Crippen LogP contribution in [0.2, 0.25) is 0 Å². The number of carbonyl (C=O) groups excluding carboxylic acids is 1. The van der Waals surface area contributed by atoms with Gasteiger partial charge in [0.25, 0.3) is 5.91 Å². The molecular weight excluding hydrogens is 250 g/mol. The van der Waals surface area contributed by atoms with Crippen LogP contribution in [0.3, 0.4) is 0 Å². The summed E-state index contributed by atoms with van der Waals surface area (Å²) in [4.78, 5) is 16.3. The summed E-state index contributed by atoms with van der Waals surface area (Å²) in [5, 5.41) is 1.82. The smallest absolute Gasteiger partial charge is 0.262 e. The molecule has 100 valence electrons. The number of likely N-dealkylation sites (N-methyl/N-ethyl adjacent to an activating group) is 1. The van der Waals surface area contributed by atoms with Gasteiger partial charge in [0.1, 0.15) is 17.2 Å². The van der Waals surface area contributed by atoms with Crippen molar-refractivity contribution in [3.63, 3.8) is 0 Å². The topological polar surface area (TPSA) is 58.8 Å². The van der Waals surface area contributed by atoms with Crippen LogP contribution in [-0.4, -0.2) is 62.1 Å². The van der Waals surface area contributed by atoms with Crippen molar-refractivity contribution in [2.45, 2.75) is 0 Å². The molecule has 1 aliphatic heterocycles. The molecule has 0 atom stereocenters. The minimum absolute atomic E-state index is 0.417. The number of hydrogen-bond donors (Lipinski definition) is 1. The van der Waals surface area contributed by atoms with Gasteiger partial charge in [-0.15, -0.1) is 11.3 Å².